The van der Waals surface area contributed by atoms with Crippen LogP contribution in [0.25, 0.3) is 5.52 Å². The van der Waals surface area contributed by atoms with Crippen LogP contribution >= 0.6 is 11.8 Å². The number of hydrogen-bond donors (Lipinski definition) is 1. The molecule has 0 unspecified atom stereocenters. The van der Waals surface area contributed by atoms with Crippen molar-refractivity contribution in [2.45, 2.75) is 31.3 Å². The molecule has 1 amide bonds. The van der Waals surface area contributed by atoms with Gasteiger partial charge in [0.05, 0.1) is 5.52 Å². The lowest BCUT2D eigenvalue weighted by molar-refractivity contribution is 0.0336. The van der Waals surface area contributed by atoms with Gasteiger partial charge in [0.2, 0.25) is 0 Å². The van der Waals surface area contributed by atoms with Gasteiger partial charge in [-0.15, -0.1) is 0 Å². The van der Waals surface area contributed by atoms with Gasteiger partial charge in [0.1, 0.15) is 0 Å². The quantitative estimate of drug-likeness (QED) is 0.874. The van der Waals surface area contributed by atoms with E-state index in [-0.39, 0.29) is 17.9 Å². The number of fused-ring (bicyclic) bond motifs is 1. The van der Waals surface area contributed by atoms with Crippen molar-refractivity contribution >= 4 is 23.2 Å². The maximum atomic E-state index is 12.9. The molecule has 1 saturated heterocycles. The third-order valence-corrected chi connectivity index (χ3v) is 5.75. The van der Waals surface area contributed by atoms with Gasteiger partial charge in [-0.1, -0.05) is 24.8 Å². The predicted octanol–water partition coefficient (Wildman–Crippen LogP) is 2.68. The number of piperidine rings is 1. The zero-order valence-electron chi connectivity index (χ0n) is 13.7. The lowest BCUT2D eigenvalue weighted by Gasteiger charge is -2.40. The third kappa shape index (κ3) is 2.85. The minimum atomic E-state index is -0.0164. The van der Waals surface area contributed by atoms with Crippen molar-refractivity contribution in [1.29, 1.82) is 0 Å². The molecule has 1 N–H and O–H groups in total. The van der Waals surface area contributed by atoms with E-state index in [4.69, 9.17) is 0 Å². The molecule has 124 valence electrons. The number of aromatic nitrogens is 2. The van der Waals surface area contributed by atoms with Crippen LogP contribution in [0.3, 0.4) is 0 Å². The summed E-state index contributed by atoms with van der Waals surface area (Å²) in [4.78, 5) is 19.3. The number of rotatable bonds is 4. The van der Waals surface area contributed by atoms with E-state index in [1.807, 2.05) is 40.0 Å². The van der Waals surface area contributed by atoms with Gasteiger partial charge in [0.25, 0.3) is 5.91 Å². The van der Waals surface area contributed by atoms with Crippen LogP contribution in [0.1, 0.15) is 36.7 Å². The van der Waals surface area contributed by atoms with Gasteiger partial charge in [-0.3, -0.25) is 9.20 Å². The van der Waals surface area contributed by atoms with Gasteiger partial charge in [0.15, 0.2) is 10.9 Å². The minimum Gasteiger partial charge on any atom is -0.396 e. The monoisotopic (exact) mass is 333 g/mol. The molecule has 0 aromatic carbocycles. The van der Waals surface area contributed by atoms with Crippen LogP contribution in [0.15, 0.2) is 29.6 Å². The fraction of sp³-hybridized carbons (Fsp3) is 0.529. The van der Waals surface area contributed by atoms with Crippen molar-refractivity contribution in [1.82, 2.24) is 14.3 Å². The summed E-state index contributed by atoms with van der Waals surface area (Å²) in [5.74, 6) is -0.00311. The van der Waals surface area contributed by atoms with Crippen LogP contribution in [-0.4, -0.2) is 51.3 Å². The topological polar surface area (TPSA) is 57.8 Å². The molecule has 0 saturated carbocycles. The summed E-state index contributed by atoms with van der Waals surface area (Å²) in [6.45, 7) is 3.69. The molecule has 0 aliphatic carbocycles. The number of amides is 1. The van der Waals surface area contributed by atoms with E-state index in [1.165, 1.54) is 11.8 Å². The fourth-order valence-corrected chi connectivity index (χ4v) is 3.81. The van der Waals surface area contributed by atoms with Gasteiger partial charge in [-0.25, -0.2) is 4.98 Å². The number of imidazole rings is 1. The van der Waals surface area contributed by atoms with Crippen LogP contribution in [0.4, 0.5) is 0 Å². The predicted molar refractivity (Wildman–Crippen MR) is 91.9 cm³/mol. The minimum absolute atomic E-state index is 0.00311. The number of carbonyl (C=O) groups excluding carboxylic acids is 1. The van der Waals surface area contributed by atoms with Crippen LogP contribution < -0.4 is 0 Å². The molecule has 23 heavy (non-hydrogen) atoms. The summed E-state index contributed by atoms with van der Waals surface area (Å²) in [5, 5.41) is 10.5. The van der Waals surface area contributed by atoms with Crippen molar-refractivity contribution in [3.8, 4) is 0 Å². The second-order valence-electron chi connectivity index (χ2n) is 6.21. The van der Waals surface area contributed by atoms with Gasteiger partial charge in [-0.2, -0.15) is 0 Å². The second kappa shape index (κ2) is 6.53. The highest BCUT2D eigenvalue weighted by molar-refractivity contribution is 7.98. The summed E-state index contributed by atoms with van der Waals surface area (Å²) in [6, 6.07) is 5.82. The van der Waals surface area contributed by atoms with E-state index in [0.717, 1.165) is 29.9 Å². The molecule has 1 aliphatic heterocycles. The third-order valence-electron chi connectivity index (χ3n) is 5.10. The number of nitrogens with zero attached hydrogens (tertiary/aromatic N) is 3. The Hall–Kier alpha value is -1.53. The number of aliphatic hydroxyl groups is 1. The highest BCUT2D eigenvalue weighted by Crippen LogP contribution is 2.35. The highest BCUT2D eigenvalue weighted by atomic mass is 32.2. The van der Waals surface area contributed by atoms with Crippen LogP contribution in [0, 0.1) is 5.41 Å². The average Bonchev–Trinajstić information content (AvgIpc) is 3.00. The van der Waals surface area contributed by atoms with Gasteiger partial charge < -0.3 is 10.0 Å². The van der Waals surface area contributed by atoms with Gasteiger partial charge in [-0.05, 0) is 43.1 Å². The molecule has 0 bridgehead atoms. The van der Waals surface area contributed by atoms with E-state index in [0.29, 0.717) is 18.8 Å². The smallest absolute Gasteiger partial charge is 0.274 e. The molecule has 6 heteroatoms. The molecule has 0 atom stereocenters. The van der Waals surface area contributed by atoms with E-state index in [2.05, 4.69) is 11.9 Å². The Bertz CT molecular complexity index is 699. The molecule has 3 heterocycles. The fourth-order valence-electron chi connectivity index (χ4n) is 3.27. The number of thioether (sulfide) groups is 1. The number of carbonyl (C=O) groups is 1. The van der Waals surface area contributed by atoms with E-state index < -0.39 is 0 Å². The van der Waals surface area contributed by atoms with Crippen molar-refractivity contribution < 1.29 is 9.90 Å². The Morgan fingerprint density at radius 1 is 1.39 bits per heavy atom. The Morgan fingerprint density at radius 3 is 2.74 bits per heavy atom. The molecule has 1 aliphatic rings. The SMILES string of the molecule is CCC1(CO)CCN(C(=O)c2nc(SC)n3ccccc23)CC1. The van der Waals surface area contributed by atoms with Crippen LogP contribution in [-0.2, 0) is 0 Å². The molecular formula is C17H23N3O2S. The first-order valence-electron chi connectivity index (χ1n) is 8.05. The van der Waals surface area contributed by atoms with Crippen molar-refractivity contribution in [3.63, 3.8) is 0 Å². The number of aliphatic hydroxyl groups excluding tert-OH is 1. The average molecular weight is 333 g/mol. The van der Waals surface area contributed by atoms with Crippen molar-refractivity contribution in [2.75, 3.05) is 26.0 Å². The Morgan fingerprint density at radius 2 is 2.13 bits per heavy atom. The van der Waals surface area contributed by atoms with Gasteiger partial charge >= 0.3 is 0 Å². The molecule has 5 nitrogen and oxygen atoms in total. The Kier molecular flexibility index (Phi) is 4.64. The number of pyridine rings is 1. The first kappa shape index (κ1) is 16.3. The molecule has 2 aromatic heterocycles. The maximum absolute atomic E-state index is 12.9. The lowest BCUT2D eigenvalue weighted by atomic mass is 9.77. The number of hydrogen-bond acceptors (Lipinski definition) is 4. The molecule has 2 aromatic rings. The summed E-state index contributed by atoms with van der Waals surface area (Å²) in [5.41, 5.74) is 1.37. The molecule has 1 fully saturated rings. The van der Waals surface area contributed by atoms with E-state index >= 15 is 0 Å². The molecular weight excluding hydrogens is 310 g/mol. The molecule has 3 rings (SSSR count). The highest BCUT2D eigenvalue weighted by Gasteiger charge is 2.35. The standard InChI is InChI=1S/C17H23N3O2S/c1-3-17(12-21)7-10-19(11-8-17)15(22)14-13-6-4-5-9-20(13)16(18-14)23-2/h4-6,9,21H,3,7-8,10-12H2,1-2H3. The second-order valence-corrected chi connectivity index (χ2v) is 6.98. The summed E-state index contributed by atoms with van der Waals surface area (Å²) < 4.78 is 1.96. The van der Waals surface area contributed by atoms with Gasteiger partial charge in [0, 0.05) is 25.9 Å². The normalized spacial score (nSPS) is 17.6. The molecule has 0 radical (unpaired) electrons. The zero-order chi connectivity index (χ0) is 16.4. The Labute approximate surface area is 140 Å². The maximum Gasteiger partial charge on any atom is 0.274 e. The summed E-state index contributed by atoms with van der Waals surface area (Å²) >= 11 is 1.54. The van der Waals surface area contributed by atoms with Crippen molar-refractivity contribution in [3.05, 3.63) is 30.1 Å². The molecule has 0 spiro atoms. The lowest BCUT2D eigenvalue weighted by Crippen LogP contribution is -2.44. The first-order chi connectivity index (χ1) is 11.1. The van der Waals surface area contributed by atoms with Crippen LogP contribution in [0.5, 0.6) is 0 Å². The number of likely N-dealkylation sites (tertiary alicyclic amines) is 1. The zero-order valence-corrected chi connectivity index (χ0v) is 14.5. The van der Waals surface area contributed by atoms with Crippen LogP contribution in [0.2, 0.25) is 0 Å². The summed E-state index contributed by atoms with van der Waals surface area (Å²) in [7, 11) is 0. The Balaban J connectivity index is 1.85. The largest absolute Gasteiger partial charge is 0.396 e. The van der Waals surface area contributed by atoms with E-state index in [9.17, 15) is 9.90 Å². The first-order valence-corrected chi connectivity index (χ1v) is 9.28. The van der Waals surface area contributed by atoms with E-state index in [1.54, 1.807) is 0 Å². The van der Waals surface area contributed by atoms with Crippen molar-refractivity contribution in [2.24, 2.45) is 5.41 Å². The summed E-state index contributed by atoms with van der Waals surface area (Å²) in [6.07, 6.45) is 6.57.